The van der Waals surface area contributed by atoms with Crippen LogP contribution in [0.5, 0.6) is 0 Å². The maximum Gasteiger partial charge on any atom is 0.341 e. The lowest BCUT2D eigenvalue weighted by molar-refractivity contribution is -0.113. The number of nitrogens with one attached hydrogen (secondary N) is 2. The van der Waals surface area contributed by atoms with Gasteiger partial charge in [-0.3, -0.25) is 9.89 Å². The third-order valence-electron chi connectivity index (χ3n) is 4.80. The minimum atomic E-state index is -0.416. The number of carbonyl (C=O) groups is 2. The van der Waals surface area contributed by atoms with Crippen molar-refractivity contribution < 1.29 is 14.3 Å². The number of nitrogens with zero attached hydrogens (tertiary/aromatic N) is 2. The van der Waals surface area contributed by atoms with E-state index < -0.39 is 5.97 Å². The topological polar surface area (TPSA) is 97.0 Å². The van der Waals surface area contributed by atoms with E-state index in [0.29, 0.717) is 37.2 Å². The Bertz CT molecular complexity index is 1150. The molecule has 0 saturated heterocycles. The van der Waals surface area contributed by atoms with Crippen molar-refractivity contribution in [2.45, 2.75) is 30.8 Å². The summed E-state index contributed by atoms with van der Waals surface area (Å²) in [5.41, 5.74) is 2.16. The maximum absolute atomic E-state index is 12.6. The van der Waals surface area contributed by atoms with Crippen LogP contribution >= 0.6 is 46.3 Å². The first-order valence-corrected chi connectivity index (χ1v) is 12.1. The van der Waals surface area contributed by atoms with Gasteiger partial charge in [0, 0.05) is 15.5 Å². The Hall–Kier alpha value is -2.07. The second kappa shape index (κ2) is 9.60. The number of halogens is 2. The van der Waals surface area contributed by atoms with E-state index in [1.165, 1.54) is 30.2 Å². The summed E-state index contributed by atoms with van der Waals surface area (Å²) in [6.07, 6.45) is 3.86. The van der Waals surface area contributed by atoms with Gasteiger partial charge in [-0.25, -0.2) is 9.78 Å². The van der Waals surface area contributed by atoms with Gasteiger partial charge in [-0.15, -0.1) is 16.4 Å². The predicted octanol–water partition coefficient (Wildman–Crippen LogP) is 5.24. The molecule has 0 spiro atoms. The molecule has 2 heterocycles. The van der Waals surface area contributed by atoms with Gasteiger partial charge in [0.05, 0.1) is 23.4 Å². The highest BCUT2D eigenvalue weighted by Gasteiger charge is 2.27. The van der Waals surface area contributed by atoms with Crippen molar-refractivity contribution in [2.24, 2.45) is 0 Å². The highest BCUT2D eigenvalue weighted by atomic mass is 35.5. The van der Waals surface area contributed by atoms with Crippen molar-refractivity contribution >= 4 is 63.2 Å². The van der Waals surface area contributed by atoms with E-state index in [-0.39, 0.29) is 11.7 Å². The number of esters is 1. The molecule has 0 aliphatic heterocycles. The van der Waals surface area contributed by atoms with Crippen molar-refractivity contribution in [1.29, 1.82) is 0 Å². The molecule has 0 atom stereocenters. The largest absolute Gasteiger partial charge is 0.465 e. The zero-order chi connectivity index (χ0) is 22.0. The van der Waals surface area contributed by atoms with Gasteiger partial charge in [0.2, 0.25) is 11.1 Å². The Labute approximate surface area is 196 Å². The van der Waals surface area contributed by atoms with Crippen LogP contribution < -0.4 is 5.32 Å². The van der Waals surface area contributed by atoms with Gasteiger partial charge >= 0.3 is 5.97 Å². The number of hydrogen-bond acceptors (Lipinski definition) is 7. The molecule has 162 valence electrons. The van der Waals surface area contributed by atoms with Crippen molar-refractivity contribution in [3.8, 4) is 11.4 Å². The minimum Gasteiger partial charge on any atom is -0.465 e. The number of H-pyrrole nitrogens is 1. The SMILES string of the molecule is COC(=O)c1c(NC(=O)CSc2n[nH]c(-c3ccc(Cl)cc3Cl)n2)sc2c1CCCC2. The van der Waals surface area contributed by atoms with E-state index in [4.69, 9.17) is 27.9 Å². The van der Waals surface area contributed by atoms with Crippen molar-refractivity contribution in [2.75, 3.05) is 18.2 Å². The minimum absolute atomic E-state index is 0.0921. The van der Waals surface area contributed by atoms with Crippen LogP contribution in [-0.2, 0) is 22.4 Å². The second-order valence-corrected chi connectivity index (χ2v) is 9.73. The van der Waals surface area contributed by atoms with Gasteiger partial charge in [0.15, 0.2) is 5.82 Å². The summed E-state index contributed by atoms with van der Waals surface area (Å²) in [7, 11) is 1.35. The van der Waals surface area contributed by atoms with Gasteiger partial charge in [0.25, 0.3) is 0 Å². The first kappa shape index (κ1) is 22.1. The lowest BCUT2D eigenvalue weighted by Gasteiger charge is -2.11. The van der Waals surface area contributed by atoms with E-state index in [1.807, 2.05) is 0 Å². The third-order valence-corrected chi connectivity index (χ3v) is 7.40. The van der Waals surface area contributed by atoms with E-state index in [0.717, 1.165) is 36.1 Å². The lowest BCUT2D eigenvalue weighted by atomic mass is 9.95. The van der Waals surface area contributed by atoms with E-state index in [1.54, 1.807) is 18.2 Å². The van der Waals surface area contributed by atoms with Crippen LogP contribution in [0.25, 0.3) is 11.4 Å². The molecule has 1 aliphatic rings. The summed E-state index contributed by atoms with van der Waals surface area (Å²) in [5.74, 6) is -0.0802. The predicted molar refractivity (Wildman–Crippen MR) is 123 cm³/mol. The molecule has 0 unspecified atom stereocenters. The Balaban J connectivity index is 1.43. The number of rotatable bonds is 6. The number of aromatic amines is 1. The number of aryl methyl sites for hydroxylation is 1. The van der Waals surface area contributed by atoms with Gasteiger partial charge in [0.1, 0.15) is 5.00 Å². The summed E-state index contributed by atoms with van der Waals surface area (Å²) in [5, 5.41) is 11.8. The van der Waals surface area contributed by atoms with Crippen LogP contribution in [0.15, 0.2) is 23.4 Å². The first-order valence-electron chi connectivity index (χ1n) is 9.49. The average Bonchev–Trinajstić information content (AvgIpc) is 3.36. The summed E-state index contributed by atoms with van der Waals surface area (Å²) >= 11 is 14.8. The molecular weight excluding hydrogens is 479 g/mol. The van der Waals surface area contributed by atoms with Crippen molar-refractivity contribution in [3.63, 3.8) is 0 Å². The quantitative estimate of drug-likeness (QED) is 0.357. The number of fused-ring (bicyclic) bond motifs is 1. The third kappa shape index (κ3) is 4.90. The van der Waals surface area contributed by atoms with E-state index in [9.17, 15) is 9.59 Å². The van der Waals surface area contributed by atoms with Crippen LogP contribution in [0, 0.1) is 0 Å². The Kier molecular flexibility index (Phi) is 6.86. The molecule has 0 radical (unpaired) electrons. The molecule has 1 aliphatic carbocycles. The fourth-order valence-electron chi connectivity index (χ4n) is 3.38. The van der Waals surface area contributed by atoms with E-state index >= 15 is 0 Å². The van der Waals surface area contributed by atoms with E-state index in [2.05, 4.69) is 20.5 Å². The number of thiophene rings is 1. The van der Waals surface area contributed by atoms with Gasteiger partial charge < -0.3 is 10.1 Å². The fraction of sp³-hybridized carbons (Fsp3) is 0.300. The Morgan fingerprint density at radius 1 is 1.29 bits per heavy atom. The molecule has 31 heavy (non-hydrogen) atoms. The van der Waals surface area contributed by atoms with Crippen LogP contribution in [0.1, 0.15) is 33.6 Å². The molecule has 0 saturated carbocycles. The number of amides is 1. The standard InChI is InChI=1S/C20H18Cl2N4O3S2/c1-29-19(28)16-12-4-2-3-5-14(12)31-18(16)23-15(27)9-30-20-24-17(25-26-20)11-7-6-10(21)8-13(11)22/h6-8H,2-5,9H2,1H3,(H,23,27)(H,24,25,26). The molecule has 0 fully saturated rings. The number of thioether (sulfide) groups is 1. The molecular formula is C20H18Cl2N4O3S2. The van der Waals surface area contributed by atoms with Crippen molar-refractivity contribution in [1.82, 2.24) is 15.2 Å². The number of aromatic nitrogens is 3. The number of hydrogen-bond donors (Lipinski definition) is 2. The first-order chi connectivity index (χ1) is 15.0. The monoisotopic (exact) mass is 496 g/mol. The molecule has 2 N–H and O–H groups in total. The maximum atomic E-state index is 12.6. The number of ether oxygens (including phenoxy) is 1. The van der Waals surface area contributed by atoms with Gasteiger partial charge in [-0.05, 0) is 49.4 Å². The number of anilines is 1. The van der Waals surface area contributed by atoms with Crippen LogP contribution in [-0.4, -0.2) is 39.9 Å². The lowest BCUT2D eigenvalue weighted by Crippen LogP contribution is -2.16. The second-order valence-electron chi connectivity index (χ2n) is 6.83. The number of benzene rings is 1. The zero-order valence-electron chi connectivity index (χ0n) is 16.5. The summed E-state index contributed by atoms with van der Waals surface area (Å²) < 4.78 is 4.94. The normalized spacial score (nSPS) is 13.0. The zero-order valence-corrected chi connectivity index (χ0v) is 19.6. The Morgan fingerprint density at radius 2 is 2.10 bits per heavy atom. The fourth-order valence-corrected chi connectivity index (χ4v) is 5.77. The molecule has 4 rings (SSSR count). The van der Waals surface area contributed by atoms with Crippen LogP contribution in [0.2, 0.25) is 10.0 Å². The van der Waals surface area contributed by atoms with Gasteiger partial charge in [-0.2, -0.15) is 0 Å². The number of methoxy groups -OCH3 is 1. The molecule has 7 nitrogen and oxygen atoms in total. The summed E-state index contributed by atoms with van der Waals surface area (Å²) in [4.78, 5) is 30.4. The highest BCUT2D eigenvalue weighted by molar-refractivity contribution is 7.99. The van der Waals surface area contributed by atoms with Crippen molar-refractivity contribution in [3.05, 3.63) is 44.2 Å². The molecule has 1 aromatic carbocycles. The average molecular weight is 497 g/mol. The molecule has 11 heteroatoms. The molecule has 1 amide bonds. The molecule has 3 aromatic rings. The summed E-state index contributed by atoms with van der Waals surface area (Å²) in [6.45, 7) is 0. The van der Waals surface area contributed by atoms with Gasteiger partial charge in [-0.1, -0.05) is 35.0 Å². The molecule has 0 bridgehead atoms. The Morgan fingerprint density at radius 3 is 2.87 bits per heavy atom. The highest BCUT2D eigenvalue weighted by Crippen LogP contribution is 2.38. The molecule has 2 aromatic heterocycles. The smallest absolute Gasteiger partial charge is 0.341 e. The number of carbonyl (C=O) groups excluding carboxylic acids is 2. The summed E-state index contributed by atoms with van der Waals surface area (Å²) in [6, 6.07) is 5.09. The van der Waals surface area contributed by atoms with Crippen LogP contribution in [0.4, 0.5) is 5.00 Å². The van der Waals surface area contributed by atoms with Crippen LogP contribution in [0.3, 0.4) is 0 Å².